The molecule has 0 bridgehead atoms. The molecule has 19 heavy (non-hydrogen) atoms. The molecule has 2 aromatic rings. The maximum atomic E-state index is 11.2. The van der Waals surface area contributed by atoms with Crippen LogP contribution < -0.4 is 4.74 Å². The summed E-state index contributed by atoms with van der Waals surface area (Å²) in [6.07, 6.45) is 3.35. The van der Waals surface area contributed by atoms with Crippen LogP contribution in [0.4, 0.5) is 0 Å². The molecule has 0 amide bonds. The predicted molar refractivity (Wildman–Crippen MR) is 71.4 cm³/mol. The van der Waals surface area contributed by atoms with Gasteiger partial charge in [0.2, 0.25) is 0 Å². The van der Waals surface area contributed by atoms with Gasteiger partial charge in [-0.15, -0.1) is 0 Å². The van der Waals surface area contributed by atoms with E-state index in [1.807, 2.05) is 26.8 Å². The molecule has 0 aliphatic heterocycles. The number of carboxylic acids is 1. The van der Waals surface area contributed by atoms with Crippen molar-refractivity contribution in [1.82, 2.24) is 10.2 Å². The number of ether oxygens (including phenoxy) is 1. The second-order valence-electron chi connectivity index (χ2n) is 5.25. The van der Waals surface area contributed by atoms with Crippen LogP contribution in [0.25, 0.3) is 11.1 Å². The van der Waals surface area contributed by atoms with Gasteiger partial charge in [0.05, 0.1) is 11.8 Å². The molecule has 0 aliphatic carbocycles. The second-order valence-corrected chi connectivity index (χ2v) is 5.25. The fraction of sp³-hybridized carbons (Fsp3) is 0.286. The van der Waals surface area contributed by atoms with Crippen molar-refractivity contribution in [2.24, 2.45) is 0 Å². The van der Waals surface area contributed by atoms with E-state index in [0.717, 1.165) is 11.1 Å². The Balaban J connectivity index is 2.47. The van der Waals surface area contributed by atoms with Gasteiger partial charge in [0.25, 0.3) is 0 Å². The zero-order valence-corrected chi connectivity index (χ0v) is 11.1. The first-order chi connectivity index (χ1) is 8.85. The Morgan fingerprint density at radius 3 is 2.53 bits per heavy atom. The molecule has 1 aromatic heterocycles. The van der Waals surface area contributed by atoms with Gasteiger partial charge in [-0.05, 0) is 44.5 Å². The zero-order valence-electron chi connectivity index (χ0n) is 11.1. The van der Waals surface area contributed by atoms with E-state index >= 15 is 0 Å². The Labute approximate surface area is 111 Å². The van der Waals surface area contributed by atoms with E-state index in [0.29, 0.717) is 5.75 Å². The van der Waals surface area contributed by atoms with Crippen LogP contribution in [0.3, 0.4) is 0 Å². The number of benzene rings is 1. The van der Waals surface area contributed by atoms with E-state index in [1.54, 1.807) is 18.5 Å². The lowest BCUT2D eigenvalue weighted by atomic mass is 10.1. The highest BCUT2D eigenvalue weighted by Gasteiger charge is 2.15. The number of aromatic amines is 1. The third kappa shape index (κ3) is 3.34. The van der Waals surface area contributed by atoms with Crippen LogP contribution in [-0.4, -0.2) is 26.9 Å². The van der Waals surface area contributed by atoms with Crippen molar-refractivity contribution >= 4 is 5.97 Å². The smallest absolute Gasteiger partial charge is 0.335 e. The summed E-state index contributed by atoms with van der Waals surface area (Å²) in [6, 6.07) is 4.93. The number of nitrogens with one attached hydrogen (secondary N) is 1. The summed E-state index contributed by atoms with van der Waals surface area (Å²) in [5, 5.41) is 15.7. The van der Waals surface area contributed by atoms with Gasteiger partial charge < -0.3 is 9.84 Å². The summed E-state index contributed by atoms with van der Waals surface area (Å²) in [7, 11) is 0. The molecule has 2 N–H and O–H groups in total. The molecule has 1 aromatic carbocycles. The van der Waals surface area contributed by atoms with E-state index in [9.17, 15) is 4.79 Å². The van der Waals surface area contributed by atoms with Crippen LogP contribution in [0.5, 0.6) is 5.75 Å². The highest BCUT2D eigenvalue weighted by molar-refractivity contribution is 5.90. The molecule has 5 nitrogen and oxygen atoms in total. The zero-order chi connectivity index (χ0) is 14.0. The van der Waals surface area contributed by atoms with Crippen molar-refractivity contribution < 1.29 is 14.6 Å². The number of carbonyl (C=O) groups is 1. The summed E-state index contributed by atoms with van der Waals surface area (Å²) < 4.78 is 5.74. The van der Waals surface area contributed by atoms with E-state index in [4.69, 9.17) is 9.84 Å². The standard InChI is InChI=1S/C14H16N2O3/c1-14(2,3)19-12-5-9(11-7-15-16-8-11)4-10(6-12)13(17)18/h4-8H,1-3H3,(H,15,16)(H,17,18). The van der Waals surface area contributed by atoms with Crippen molar-refractivity contribution in [3.8, 4) is 16.9 Å². The number of hydrogen-bond acceptors (Lipinski definition) is 3. The Bertz CT molecular complexity index is 583. The van der Waals surface area contributed by atoms with Crippen LogP contribution in [0, 0.1) is 0 Å². The normalized spacial score (nSPS) is 11.3. The number of nitrogens with zero attached hydrogens (tertiary/aromatic N) is 1. The monoisotopic (exact) mass is 260 g/mol. The first-order valence-corrected chi connectivity index (χ1v) is 5.92. The molecule has 0 fully saturated rings. The van der Waals surface area contributed by atoms with Crippen molar-refractivity contribution in [1.29, 1.82) is 0 Å². The Morgan fingerprint density at radius 1 is 1.26 bits per heavy atom. The van der Waals surface area contributed by atoms with Crippen molar-refractivity contribution in [3.63, 3.8) is 0 Å². The molecule has 100 valence electrons. The second kappa shape index (κ2) is 4.76. The molecule has 0 radical (unpaired) electrons. The topological polar surface area (TPSA) is 75.2 Å². The Kier molecular flexibility index (Phi) is 3.29. The molecule has 0 atom stereocenters. The van der Waals surface area contributed by atoms with Gasteiger partial charge in [0, 0.05) is 11.8 Å². The van der Waals surface area contributed by atoms with Gasteiger partial charge in [-0.2, -0.15) is 5.10 Å². The van der Waals surface area contributed by atoms with Crippen molar-refractivity contribution in [3.05, 3.63) is 36.2 Å². The maximum Gasteiger partial charge on any atom is 0.335 e. The Morgan fingerprint density at radius 2 is 2.00 bits per heavy atom. The molecule has 0 aliphatic rings. The molecule has 0 saturated heterocycles. The van der Waals surface area contributed by atoms with Gasteiger partial charge in [-0.3, -0.25) is 5.10 Å². The minimum atomic E-state index is -0.982. The molecule has 0 unspecified atom stereocenters. The highest BCUT2D eigenvalue weighted by Crippen LogP contribution is 2.27. The van der Waals surface area contributed by atoms with E-state index in [2.05, 4.69) is 10.2 Å². The number of aromatic nitrogens is 2. The number of aromatic carboxylic acids is 1. The van der Waals surface area contributed by atoms with Gasteiger partial charge in [0.15, 0.2) is 0 Å². The maximum absolute atomic E-state index is 11.2. The van der Waals surface area contributed by atoms with Crippen LogP contribution in [-0.2, 0) is 0 Å². The van der Waals surface area contributed by atoms with Crippen LogP contribution in [0.15, 0.2) is 30.6 Å². The molecule has 5 heteroatoms. The Hall–Kier alpha value is -2.30. The van der Waals surface area contributed by atoms with Gasteiger partial charge in [0.1, 0.15) is 11.4 Å². The average Bonchev–Trinajstić information content (AvgIpc) is 2.79. The van der Waals surface area contributed by atoms with Gasteiger partial charge >= 0.3 is 5.97 Å². The van der Waals surface area contributed by atoms with Gasteiger partial charge in [-0.1, -0.05) is 0 Å². The lowest BCUT2D eigenvalue weighted by molar-refractivity contribution is 0.0694. The number of rotatable bonds is 3. The fourth-order valence-corrected chi connectivity index (χ4v) is 1.71. The van der Waals surface area contributed by atoms with Crippen molar-refractivity contribution in [2.75, 3.05) is 0 Å². The molecule has 1 heterocycles. The molecular formula is C14H16N2O3. The first kappa shape index (κ1) is 13.1. The summed E-state index contributed by atoms with van der Waals surface area (Å²) >= 11 is 0. The molecule has 0 spiro atoms. The lowest BCUT2D eigenvalue weighted by Gasteiger charge is -2.22. The van der Waals surface area contributed by atoms with Crippen LogP contribution in [0.1, 0.15) is 31.1 Å². The summed E-state index contributed by atoms with van der Waals surface area (Å²) in [5.74, 6) is -0.451. The van der Waals surface area contributed by atoms with Crippen molar-refractivity contribution in [2.45, 2.75) is 26.4 Å². The SMILES string of the molecule is CC(C)(C)Oc1cc(C(=O)O)cc(-c2cn[nH]c2)c1. The average molecular weight is 260 g/mol. The van der Waals surface area contributed by atoms with E-state index < -0.39 is 5.97 Å². The minimum absolute atomic E-state index is 0.193. The highest BCUT2D eigenvalue weighted by atomic mass is 16.5. The minimum Gasteiger partial charge on any atom is -0.488 e. The first-order valence-electron chi connectivity index (χ1n) is 5.92. The largest absolute Gasteiger partial charge is 0.488 e. The van der Waals surface area contributed by atoms with Gasteiger partial charge in [-0.25, -0.2) is 4.79 Å². The summed E-state index contributed by atoms with van der Waals surface area (Å²) in [4.78, 5) is 11.2. The molecule has 2 rings (SSSR count). The number of H-pyrrole nitrogens is 1. The summed E-state index contributed by atoms with van der Waals surface area (Å²) in [6.45, 7) is 5.74. The molecule has 0 saturated carbocycles. The van der Waals surface area contributed by atoms with Crippen LogP contribution >= 0.6 is 0 Å². The third-order valence-electron chi connectivity index (χ3n) is 2.41. The fourth-order valence-electron chi connectivity index (χ4n) is 1.71. The van der Waals surface area contributed by atoms with E-state index in [-0.39, 0.29) is 11.2 Å². The summed E-state index contributed by atoms with van der Waals surface area (Å²) in [5.41, 5.74) is 1.39. The quantitative estimate of drug-likeness (QED) is 0.889. The molecular weight excluding hydrogens is 244 g/mol. The number of hydrogen-bond donors (Lipinski definition) is 2. The van der Waals surface area contributed by atoms with E-state index in [1.165, 1.54) is 6.07 Å². The third-order valence-corrected chi connectivity index (χ3v) is 2.41. The predicted octanol–water partition coefficient (Wildman–Crippen LogP) is 2.95. The number of carboxylic acid groups (broad SMARTS) is 1. The van der Waals surface area contributed by atoms with Crippen LogP contribution in [0.2, 0.25) is 0 Å². The lowest BCUT2D eigenvalue weighted by Crippen LogP contribution is -2.23.